The van der Waals surface area contributed by atoms with Gasteiger partial charge in [-0.25, -0.2) is 4.98 Å². The van der Waals surface area contributed by atoms with Crippen LogP contribution in [0.4, 0.5) is 5.82 Å². The van der Waals surface area contributed by atoms with Gasteiger partial charge in [-0.05, 0) is 73.9 Å². The van der Waals surface area contributed by atoms with Crippen LogP contribution in [0.5, 0.6) is 5.75 Å². The van der Waals surface area contributed by atoms with E-state index in [1.165, 1.54) is 5.56 Å². The zero-order valence-corrected chi connectivity index (χ0v) is 16.8. The average molecular weight is 393 g/mol. The van der Waals surface area contributed by atoms with E-state index in [2.05, 4.69) is 43.2 Å². The van der Waals surface area contributed by atoms with Gasteiger partial charge in [0.25, 0.3) is 5.91 Å². The van der Waals surface area contributed by atoms with Crippen LogP contribution in [-0.2, 0) is 6.42 Å². The maximum atomic E-state index is 12.4. The zero-order chi connectivity index (χ0) is 19.9. The van der Waals surface area contributed by atoms with Gasteiger partial charge in [-0.1, -0.05) is 23.7 Å². The number of carbonyl (C=O) groups is 1. The van der Waals surface area contributed by atoms with Gasteiger partial charge in [-0.3, -0.25) is 4.79 Å². The average Bonchev–Trinajstić information content (AvgIpc) is 2.95. The van der Waals surface area contributed by atoms with E-state index in [4.69, 9.17) is 16.3 Å². The van der Waals surface area contributed by atoms with Crippen LogP contribution < -0.4 is 10.1 Å². The van der Waals surface area contributed by atoms with Crippen molar-refractivity contribution >= 4 is 23.3 Å². The minimum atomic E-state index is -0.279. The largest absolute Gasteiger partial charge is 0.487 e. The van der Waals surface area contributed by atoms with Gasteiger partial charge in [-0.2, -0.15) is 0 Å². The molecule has 1 aromatic heterocycles. The smallest absolute Gasteiger partial charge is 0.258 e. The predicted octanol–water partition coefficient (Wildman–Crippen LogP) is 5.68. The van der Waals surface area contributed by atoms with Gasteiger partial charge in [-0.15, -0.1) is 0 Å². The Kier molecular flexibility index (Phi) is 4.60. The molecule has 0 saturated carbocycles. The summed E-state index contributed by atoms with van der Waals surface area (Å²) < 4.78 is 6.01. The first-order valence-electron chi connectivity index (χ1n) is 9.17. The number of nitrogens with one attached hydrogen (secondary N) is 1. The molecule has 4 rings (SSSR count). The van der Waals surface area contributed by atoms with Crippen LogP contribution in [0, 0.1) is 6.92 Å². The minimum Gasteiger partial charge on any atom is -0.487 e. The van der Waals surface area contributed by atoms with Crippen molar-refractivity contribution in [3.8, 4) is 16.9 Å². The number of pyridine rings is 1. The highest BCUT2D eigenvalue weighted by molar-refractivity contribution is 6.34. The standard InChI is InChI=1S/C23H21ClN2O2/c1-14-10-20-16(12-23(2,3)28-20)11-18(14)15-8-9-21(25-13-15)26-22(27)17-6-4-5-7-19(17)24/h4-11,13H,12H2,1-3H3,(H,25,26,27). The number of amides is 1. The van der Waals surface area contributed by atoms with Crippen molar-refractivity contribution < 1.29 is 9.53 Å². The summed E-state index contributed by atoms with van der Waals surface area (Å²) in [6.45, 7) is 6.26. The van der Waals surface area contributed by atoms with Gasteiger partial charge in [0.1, 0.15) is 17.2 Å². The number of hydrogen-bond donors (Lipinski definition) is 1. The molecule has 2 aromatic carbocycles. The quantitative estimate of drug-likeness (QED) is 0.624. The zero-order valence-electron chi connectivity index (χ0n) is 16.0. The van der Waals surface area contributed by atoms with Gasteiger partial charge in [0, 0.05) is 18.2 Å². The van der Waals surface area contributed by atoms with Crippen LogP contribution in [0.1, 0.15) is 35.3 Å². The van der Waals surface area contributed by atoms with E-state index in [1.807, 2.05) is 6.07 Å². The molecule has 0 bridgehead atoms. The molecule has 5 heteroatoms. The fourth-order valence-corrected chi connectivity index (χ4v) is 3.74. The Hall–Kier alpha value is -2.85. The van der Waals surface area contributed by atoms with Gasteiger partial charge < -0.3 is 10.1 Å². The molecule has 1 amide bonds. The molecule has 0 atom stereocenters. The molecule has 1 aliphatic heterocycles. The Balaban J connectivity index is 1.56. The summed E-state index contributed by atoms with van der Waals surface area (Å²) in [4.78, 5) is 16.8. The lowest BCUT2D eigenvalue weighted by atomic mass is 9.95. The number of aromatic nitrogens is 1. The van der Waals surface area contributed by atoms with Gasteiger partial charge in [0.15, 0.2) is 0 Å². The Labute approximate surface area is 169 Å². The number of hydrogen-bond acceptors (Lipinski definition) is 3. The molecule has 3 aromatic rings. The van der Waals surface area contributed by atoms with Crippen molar-refractivity contribution in [1.29, 1.82) is 0 Å². The fraction of sp³-hybridized carbons (Fsp3) is 0.217. The highest BCUT2D eigenvalue weighted by Crippen LogP contribution is 2.39. The number of rotatable bonds is 3. The molecule has 2 heterocycles. The first-order valence-corrected chi connectivity index (χ1v) is 9.55. The second-order valence-electron chi connectivity index (χ2n) is 7.68. The molecule has 0 saturated heterocycles. The molecule has 142 valence electrons. The summed E-state index contributed by atoms with van der Waals surface area (Å²) in [5.41, 5.74) is 4.72. The number of benzene rings is 2. The predicted molar refractivity (Wildman–Crippen MR) is 112 cm³/mol. The lowest BCUT2D eigenvalue weighted by molar-refractivity contribution is 0.102. The van der Waals surface area contributed by atoms with Crippen molar-refractivity contribution in [2.45, 2.75) is 32.8 Å². The SMILES string of the molecule is Cc1cc2c(cc1-c1ccc(NC(=O)c3ccccc3Cl)nc1)CC(C)(C)O2. The van der Waals surface area contributed by atoms with Gasteiger partial charge >= 0.3 is 0 Å². The summed E-state index contributed by atoms with van der Waals surface area (Å²) >= 11 is 6.08. The third-order valence-corrected chi connectivity index (χ3v) is 5.17. The number of ether oxygens (including phenoxy) is 1. The fourth-order valence-electron chi connectivity index (χ4n) is 3.52. The summed E-state index contributed by atoms with van der Waals surface area (Å²) in [5.74, 6) is 1.17. The maximum absolute atomic E-state index is 12.4. The molecule has 0 spiro atoms. The third-order valence-electron chi connectivity index (χ3n) is 4.84. The third kappa shape index (κ3) is 3.60. The van der Waals surface area contributed by atoms with Crippen LogP contribution >= 0.6 is 11.6 Å². The number of nitrogens with zero attached hydrogens (tertiary/aromatic N) is 1. The van der Waals surface area contributed by atoms with E-state index in [0.717, 1.165) is 28.9 Å². The van der Waals surface area contributed by atoms with E-state index in [-0.39, 0.29) is 11.5 Å². The highest BCUT2D eigenvalue weighted by Gasteiger charge is 2.30. The lowest BCUT2D eigenvalue weighted by Crippen LogP contribution is -2.24. The van der Waals surface area contributed by atoms with E-state index < -0.39 is 0 Å². The van der Waals surface area contributed by atoms with Crippen molar-refractivity contribution in [3.05, 3.63) is 76.4 Å². The topological polar surface area (TPSA) is 51.2 Å². The Bertz CT molecular complexity index is 1060. The summed E-state index contributed by atoms with van der Waals surface area (Å²) in [5, 5.41) is 3.20. The van der Waals surface area contributed by atoms with Crippen molar-refractivity contribution in [2.75, 3.05) is 5.32 Å². The van der Waals surface area contributed by atoms with Crippen LogP contribution in [0.15, 0.2) is 54.7 Å². The van der Waals surface area contributed by atoms with E-state index in [1.54, 1.807) is 36.5 Å². The highest BCUT2D eigenvalue weighted by atomic mass is 35.5. The molecule has 0 aliphatic carbocycles. The second-order valence-corrected chi connectivity index (χ2v) is 8.09. The van der Waals surface area contributed by atoms with Crippen molar-refractivity contribution in [2.24, 2.45) is 0 Å². The molecule has 4 nitrogen and oxygen atoms in total. The number of anilines is 1. The first-order chi connectivity index (χ1) is 13.3. The summed E-state index contributed by atoms with van der Waals surface area (Å²) in [7, 11) is 0. The summed E-state index contributed by atoms with van der Waals surface area (Å²) in [6, 6.07) is 15.0. The minimum absolute atomic E-state index is 0.168. The van der Waals surface area contributed by atoms with Crippen molar-refractivity contribution in [3.63, 3.8) is 0 Å². The Morgan fingerprint density at radius 3 is 2.68 bits per heavy atom. The van der Waals surface area contributed by atoms with Gasteiger partial charge in [0.2, 0.25) is 0 Å². The Morgan fingerprint density at radius 2 is 1.96 bits per heavy atom. The van der Waals surface area contributed by atoms with E-state index >= 15 is 0 Å². The molecule has 28 heavy (non-hydrogen) atoms. The van der Waals surface area contributed by atoms with Crippen molar-refractivity contribution in [1.82, 2.24) is 4.98 Å². The molecular formula is C23H21ClN2O2. The van der Waals surface area contributed by atoms with Crippen LogP contribution in [0.25, 0.3) is 11.1 Å². The Morgan fingerprint density at radius 1 is 1.18 bits per heavy atom. The second kappa shape index (κ2) is 6.95. The number of fused-ring (bicyclic) bond motifs is 1. The monoisotopic (exact) mass is 392 g/mol. The van der Waals surface area contributed by atoms with Crippen LogP contribution in [0.3, 0.4) is 0 Å². The summed E-state index contributed by atoms with van der Waals surface area (Å²) in [6.07, 6.45) is 2.66. The molecule has 1 aliphatic rings. The first kappa shape index (κ1) is 18.5. The molecule has 0 fully saturated rings. The molecule has 0 radical (unpaired) electrons. The molecular weight excluding hydrogens is 372 g/mol. The van der Waals surface area contributed by atoms with Crippen LogP contribution in [0.2, 0.25) is 5.02 Å². The molecule has 0 unspecified atom stereocenters. The number of carbonyl (C=O) groups excluding carboxylic acids is 1. The van der Waals surface area contributed by atoms with E-state index in [0.29, 0.717) is 16.4 Å². The normalized spacial score (nSPS) is 14.3. The van der Waals surface area contributed by atoms with Crippen LogP contribution in [-0.4, -0.2) is 16.5 Å². The van der Waals surface area contributed by atoms with E-state index in [9.17, 15) is 4.79 Å². The maximum Gasteiger partial charge on any atom is 0.258 e. The molecule has 1 N–H and O–H groups in total. The lowest BCUT2D eigenvalue weighted by Gasteiger charge is -2.16. The van der Waals surface area contributed by atoms with Gasteiger partial charge in [0.05, 0.1) is 10.6 Å². The number of halogens is 1. The number of aryl methyl sites for hydroxylation is 1.